The number of hydrogen-bond donors (Lipinski definition) is 0. The zero-order valence-electron chi connectivity index (χ0n) is 17.9. The van der Waals surface area contributed by atoms with Gasteiger partial charge in [-0.1, -0.05) is 46.8 Å². The van der Waals surface area contributed by atoms with E-state index in [1.807, 2.05) is 60.5 Å². The van der Waals surface area contributed by atoms with Gasteiger partial charge in [-0.15, -0.1) is 11.3 Å². The van der Waals surface area contributed by atoms with E-state index in [0.717, 1.165) is 25.3 Å². The number of nitrogens with zero attached hydrogens (tertiary/aromatic N) is 3. The first-order valence-electron chi connectivity index (χ1n) is 10.3. The van der Waals surface area contributed by atoms with Crippen LogP contribution < -0.4 is 24.2 Å². The molecule has 2 aromatic carbocycles. The molecule has 0 spiro atoms. The molecule has 2 aromatic heterocycles. The maximum atomic E-state index is 14.2. The molecular weight excluding hydrogens is 497 g/mol. The lowest BCUT2D eigenvalue weighted by Crippen LogP contribution is -2.36. The second kappa shape index (κ2) is 9.10. The number of halogens is 2. The highest BCUT2D eigenvalue weighted by Crippen LogP contribution is 2.46. The van der Waals surface area contributed by atoms with Crippen LogP contribution in [-0.2, 0) is 13.1 Å². The van der Waals surface area contributed by atoms with Crippen molar-refractivity contribution in [3.8, 4) is 0 Å². The molecule has 4 nitrogen and oxygen atoms in total. The van der Waals surface area contributed by atoms with Crippen molar-refractivity contribution in [1.29, 1.82) is 0 Å². The summed E-state index contributed by atoms with van der Waals surface area (Å²) in [7, 11) is 1.97. The maximum absolute atomic E-state index is 14.2. The van der Waals surface area contributed by atoms with E-state index in [9.17, 15) is 9.18 Å². The van der Waals surface area contributed by atoms with Gasteiger partial charge in [0.25, 0.3) is 10.6 Å². The first-order valence-corrected chi connectivity index (χ1v) is 13.2. The van der Waals surface area contributed by atoms with Crippen molar-refractivity contribution in [3.63, 3.8) is 0 Å². The van der Waals surface area contributed by atoms with E-state index in [0.29, 0.717) is 28.2 Å². The summed E-state index contributed by atoms with van der Waals surface area (Å²) < 4.78 is 19.6. The fourth-order valence-electron chi connectivity index (χ4n) is 3.77. The van der Waals surface area contributed by atoms with Crippen molar-refractivity contribution >= 4 is 62.8 Å². The molecule has 1 aliphatic rings. The lowest BCUT2D eigenvalue weighted by Gasteiger charge is -2.12. The van der Waals surface area contributed by atoms with E-state index in [4.69, 9.17) is 11.6 Å². The molecule has 0 bridgehead atoms. The lowest BCUT2D eigenvalue weighted by atomic mass is 10.2. The van der Waals surface area contributed by atoms with Crippen molar-refractivity contribution in [2.24, 2.45) is 0 Å². The van der Waals surface area contributed by atoms with Crippen molar-refractivity contribution in [3.05, 3.63) is 95.0 Å². The quantitative estimate of drug-likeness (QED) is 0.380. The van der Waals surface area contributed by atoms with Crippen LogP contribution in [0.5, 0.6) is 0 Å². The maximum Gasteiger partial charge on any atom is 0.271 e. The average Bonchev–Trinajstić information content (AvgIpc) is 3.46. The third kappa shape index (κ3) is 4.17. The topological polar surface area (TPSA) is 29.1 Å². The van der Waals surface area contributed by atoms with Gasteiger partial charge in [0.1, 0.15) is 20.0 Å². The highest BCUT2D eigenvalue weighted by Gasteiger charge is 2.25. The first-order chi connectivity index (χ1) is 16.0. The molecule has 0 saturated heterocycles. The first kappa shape index (κ1) is 22.4. The summed E-state index contributed by atoms with van der Waals surface area (Å²) in [5.41, 5.74) is 1.67. The summed E-state index contributed by atoms with van der Waals surface area (Å²) >= 11 is 10.8. The van der Waals surface area contributed by atoms with Crippen LogP contribution in [0.2, 0.25) is 5.02 Å². The summed E-state index contributed by atoms with van der Waals surface area (Å²) in [6, 6.07) is 12.6. The van der Waals surface area contributed by atoms with Crippen molar-refractivity contribution in [2.75, 3.05) is 11.9 Å². The highest BCUT2D eigenvalue weighted by molar-refractivity contribution is 8.08. The number of aromatic nitrogens is 2. The smallest absolute Gasteiger partial charge is 0.271 e. The van der Waals surface area contributed by atoms with Crippen LogP contribution in [0.3, 0.4) is 0 Å². The van der Waals surface area contributed by atoms with Crippen molar-refractivity contribution in [2.45, 2.75) is 24.9 Å². The number of thiazole rings is 2. The van der Waals surface area contributed by atoms with E-state index < -0.39 is 0 Å². The molecule has 33 heavy (non-hydrogen) atoms. The van der Waals surface area contributed by atoms with Gasteiger partial charge in [0.15, 0.2) is 12.7 Å². The number of anilines is 1. The Labute approximate surface area is 207 Å². The van der Waals surface area contributed by atoms with E-state index >= 15 is 0 Å². The molecule has 0 amide bonds. The molecule has 0 atom stereocenters. The zero-order valence-corrected chi connectivity index (χ0v) is 21.1. The van der Waals surface area contributed by atoms with Crippen LogP contribution in [0.4, 0.5) is 10.1 Å². The van der Waals surface area contributed by atoms with Crippen LogP contribution in [0.25, 0.3) is 11.1 Å². The van der Waals surface area contributed by atoms with Crippen molar-refractivity contribution in [1.82, 2.24) is 4.57 Å². The van der Waals surface area contributed by atoms with Gasteiger partial charge in [-0.2, -0.15) is 4.57 Å². The summed E-state index contributed by atoms with van der Waals surface area (Å²) in [6.45, 7) is 2.98. The molecule has 0 N–H and O–H groups in total. The fraction of sp³-hybridized carbons (Fsp3) is 0.167. The Bertz CT molecular complexity index is 1540. The molecule has 1 aliphatic heterocycles. The monoisotopic (exact) mass is 516 g/mol. The van der Waals surface area contributed by atoms with E-state index in [1.54, 1.807) is 39.8 Å². The van der Waals surface area contributed by atoms with Gasteiger partial charge in [0.2, 0.25) is 0 Å². The largest absolute Gasteiger partial charge is 0.337 e. The van der Waals surface area contributed by atoms with E-state index in [2.05, 4.69) is 4.90 Å². The third-order valence-electron chi connectivity index (χ3n) is 5.48. The molecule has 168 valence electrons. The van der Waals surface area contributed by atoms with Crippen LogP contribution in [0.1, 0.15) is 17.5 Å². The molecule has 0 fully saturated rings. The highest BCUT2D eigenvalue weighted by atomic mass is 35.5. The van der Waals surface area contributed by atoms with Crippen molar-refractivity contribution < 1.29 is 8.96 Å². The Morgan fingerprint density at radius 1 is 1.21 bits per heavy atom. The van der Waals surface area contributed by atoms with Gasteiger partial charge in [-0.3, -0.25) is 9.36 Å². The Balaban J connectivity index is 1.61. The zero-order chi connectivity index (χ0) is 23.1. The SMILES string of the molecule is CCn1c(=Cc2scc[n+]2Cc2ccccc2F)sc(=C2Sc3cc(Cl)ccc3N2C)c1=O. The minimum atomic E-state index is -0.219. The third-order valence-corrected chi connectivity index (χ3v) is 9.03. The number of thioether (sulfide) groups is 1. The van der Waals surface area contributed by atoms with Crippen LogP contribution in [0, 0.1) is 5.82 Å². The number of fused-ring (bicyclic) bond motifs is 1. The molecule has 0 radical (unpaired) electrons. The summed E-state index contributed by atoms with van der Waals surface area (Å²) in [4.78, 5) is 16.4. The molecule has 3 heterocycles. The molecule has 4 aromatic rings. The predicted octanol–water partition coefficient (Wildman–Crippen LogP) is 4.26. The molecule has 5 rings (SSSR count). The minimum absolute atomic E-state index is 0.000729. The summed E-state index contributed by atoms with van der Waals surface area (Å²) in [5, 5.41) is 4.53. The predicted molar refractivity (Wildman–Crippen MR) is 136 cm³/mol. The second-order valence-corrected chi connectivity index (χ2v) is 10.9. The van der Waals surface area contributed by atoms with Crippen LogP contribution in [-0.4, -0.2) is 11.6 Å². The van der Waals surface area contributed by atoms with Gasteiger partial charge in [0, 0.05) is 23.5 Å². The number of rotatable bonds is 4. The molecule has 0 unspecified atom stereocenters. The van der Waals surface area contributed by atoms with E-state index in [-0.39, 0.29) is 11.4 Å². The molecule has 9 heteroatoms. The Morgan fingerprint density at radius 2 is 2.03 bits per heavy atom. The Kier molecular flexibility index (Phi) is 6.18. The number of benzene rings is 2. The van der Waals surface area contributed by atoms with Gasteiger partial charge in [-0.25, -0.2) is 4.39 Å². The Hall–Kier alpha value is -2.39. The standard InChI is InChI=1S/C24H20ClFN3OS3/c1-3-29-21(13-20-28(10-11-31-20)14-15-6-4-5-7-17(15)26)33-22(23(29)30)24-27(2)18-9-8-16(25)12-19(18)32-24/h4-13H,3,14H2,1-2H3/q+1. The Morgan fingerprint density at radius 3 is 2.82 bits per heavy atom. The van der Waals surface area contributed by atoms with Gasteiger partial charge in [0.05, 0.1) is 22.7 Å². The second-order valence-electron chi connectivity index (χ2n) is 7.50. The van der Waals surface area contributed by atoms with Crippen LogP contribution in [0.15, 0.2) is 63.7 Å². The lowest BCUT2D eigenvalue weighted by molar-refractivity contribution is -0.685. The average molecular weight is 517 g/mol. The van der Waals surface area contributed by atoms with Crippen LogP contribution >= 0.6 is 46.0 Å². The summed E-state index contributed by atoms with van der Waals surface area (Å²) in [6.07, 6.45) is 3.97. The fourth-order valence-corrected chi connectivity index (χ4v) is 7.37. The number of hydrogen-bond acceptors (Lipinski definition) is 5. The summed E-state index contributed by atoms with van der Waals surface area (Å²) in [5.74, 6) is -0.219. The molecule has 0 aliphatic carbocycles. The molecule has 0 saturated carbocycles. The molecular formula is C24H20ClFN3OS3+. The van der Waals surface area contributed by atoms with E-state index in [1.165, 1.54) is 17.4 Å². The van der Waals surface area contributed by atoms with Gasteiger partial charge in [-0.05, 0) is 37.3 Å². The normalized spacial score (nSPS) is 15.4. The van der Waals surface area contributed by atoms with Gasteiger partial charge < -0.3 is 4.90 Å². The minimum Gasteiger partial charge on any atom is -0.337 e. The van der Waals surface area contributed by atoms with Gasteiger partial charge >= 0.3 is 0 Å².